The predicted molar refractivity (Wildman–Crippen MR) is 96.5 cm³/mol. The highest BCUT2D eigenvalue weighted by atomic mass is 32.2. The zero-order valence-corrected chi connectivity index (χ0v) is 17.3. The van der Waals surface area contributed by atoms with Crippen LogP contribution >= 0.6 is 0 Å². The summed E-state index contributed by atoms with van der Waals surface area (Å²) in [4.78, 5) is 23.9. The third-order valence-electron chi connectivity index (χ3n) is 4.51. The van der Waals surface area contributed by atoms with E-state index in [0.717, 1.165) is 0 Å². The number of hydrogen-bond donors (Lipinski definition) is 2. The van der Waals surface area contributed by atoms with Gasteiger partial charge in [0.1, 0.15) is 6.10 Å². The number of esters is 1. The van der Waals surface area contributed by atoms with Gasteiger partial charge in [-0.3, -0.25) is 14.1 Å². The number of hydrogen-bond acceptors (Lipinski definition) is 5. The minimum atomic E-state index is -4.21. The number of carbonyl (C=O) groups excluding carboxylic acids is 2. The minimum absolute atomic E-state index is 0.00325. The average molecular weight is 380 g/mol. The van der Waals surface area contributed by atoms with Crippen LogP contribution in [-0.4, -0.2) is 42.2 Å². The molecule has 7 nitrogen and oxygen atoms in total. The molecular formula is C17H33NO6S. The van der Waals surface area contributed by atoms with E-state index in [-0.39, 0.29) is 35.7 Å². The van der Waals surface area contributed by atoms with Crippen molar-refractivity contribution in [2.75, 3.05) is 5.75 Å². The minimum Gasteiger partial charge on any atom is -0.463 e. The monoisotopic (exact) mass is 379 g/mol. The van der Waals surface area contributed by atoms with E-state index in [9.17, 15) is 18.0 Å². The Balaban J connectivity index is 5.27. The molecule has 0 aromatic heterocycles. The van der Waals surface area contributed by atoms with Gasteiger partial charge in [0.05, 0.1) is 11.3 Å². The molecule has 4 unspecified atom stereocenters. The zero-order chi connectivity index (χ0) is 20.2. The van der Waals surface area contributed by atoms with Crippen LogP contribution in [0.25, 0.3) is 0 Å². The van der Waals surface area contributed by atoms with Crippen molar-refractivity contribution in [3.8, 4) is 0 Å². The van der Waals surface area contributed by atoms with Crippen LogP contribution in [0.3, 0.4) is 0 Å². The summed E-state index contributed by atoms with van der Waals surface area (Å²) in [5, 5.41) is 2.72. The molecule has 0 radical (unpaired) electrons. The van der Waals surface area contributed by atoms with Gasteiger partial charge < -0.3 is 10.1 Å². The summed E-state index contributed by atoms with van der Waals surface area (Å²) >= 11 is 0. The van der Waals surface area contributed by atoms with Crippen LogP contribution in [0.1, 0.15) is 55.4 Å². The van der Waals surface area contributed by atoms with Gasteiger partial charge in [0, 0.05) is 12.8 Å². The van der Waals surface area contributed by atoms with Crippen LogP contribution in [0.2, 0.25) is 0 Å². The topological polar surface area (TPSA) is 110 Å². The highest BCUT2D eigenvalue weighted by molar-refractivity contribution is 7.85. The molecule has 0 aromatic carbocycles. The lowest BCUT2D eigenvalue weighted by molar-refractivity contribution is -0.149. The van der Waals surface area contributed by atoms with E-state index in [1.165, 1.54) is 6.92 Å². The van der Waals surface area contributed by atoms with Crippen molar-refractivity contribution in [1.29, 1.82) is 0 Å². The second-order valence-corrected chi connectivity index (χ2v) is 9.35. The van der Waals surface area contributed by atoms with Crippen LogP contribution in [0, 0.1) is 23.7 Å². The van der Waals surface area contributed by atoms with Crippen molar-refractivity contribution < 1.29 is 27.3 Å². The Bertz CT molecular complexity index is 570. The number of amides is 1. The summed E-state index contributed by atoms with van der Waals surface area (Å²) in [5.74, 6) is -1.77. The molecule has 0 rings (SSSR count). The predicted octanol–water partition coefficient (Wildman–Crippen LogP) is 2.27. The molecule has 25 heavy (non-hydrogen) atoms. The maximum atomic E-state index is 12.8. The zero-order valence-electron chi connectivity index (χ0n) is 16.5. The van der Waals surface area contributed by atoms with Gasteiger partial charge in [-0.05, 0) is 38.5 Å². The molecule has 0 saturated heterocycles. The molecule has 0 aromatic rings. The number of ether oxygens (including phenoxy) is 1. The average Bonchev–Trinajstić information content (AvgIpc) is 2.32. The molecule has 0 aliphatic heterocycles. The van der Waals surface area contributed by atoms with E-state index in [2.05, 4.69) is 5.32 Å². The van der Waals surface area contributed by atoms with Crippen LogP contribution in [-0.2, 0) is 24.4 Å². The van der Waals surface area contributed by atoms with Crippen LogP contribution in [0.5, 0.6) is 0 Å². The highest BCUT2D eigenvalue weighted by Gasteiger charge is 2.37. The third kappa shape index (κ3) is 8.67. The maximum Gasteiger partial charge on any atom is 0.302 e. The fourth-order valence-electron chi connectivity index (χ4n) is 3.18. The fourth-order valence-corrected chi connectivity index (χ4v) is 4.17. The Morgan fingerprint density at radius 3 is 1.92 bits per heavy atom. The smallest absolute Gasteiger partial charge is 0.302 e. The maximum absolute atomic E-state index is 12.8. The summed E-state index contributed by atoms with van der Waals surface area (Å²) in [6.07, 6.45) is -0.340. The van der Waals surface area contributed by atoms with Crippen molar-refractivity contribution >= 4 is 22.0 Å². The second-order valence-electron chi connectivity index (χ2n) is 7.90. The molecule has 0 aliphatic rings. The SMILES string of the molecule is CC(=O)OC(C)C(C)C(C)C(C(=O)NC(C)(C)CS(=O)(=O)O)C(C)C. The lowest BCUT2D eigenvalue weighted by Crippen LogP contribution is -2.52. The molecule has 0 heterocycles. The quantitative estimate of drug-likeness (QED) is 0.470. The molecule has 0 bridgehead atoms. The van der Waals surface area contributed by atoms with Crippen LogP contribution in [0.4, 0.5) is 0 Å². The Hall–Kier alpha value is -1.15. The van der Waals surface area contributed by atoms with Crippen molar-refractivity contribution in [2.24, 2.45) is 23.7 Å². The molecule has 8 heteroatoms. The molecule has 0 spiro atoms. The molecule has 0 saturated carbocycles. The number of carbonyl (C=O) groups is 2. The molecule has 0 fully saturated rings. The van der Waals surface area contributed by atoms with Gasteiger partial charge in [0.25, 0.3) is 10.1 Å². The summed E-state index contributed by atoms with van der Waals surface area (Å²) in [6, 6.07) is 0. The standard InChI is InChI=1S/C17H33NO6S/c1-10(2)15(12(4)11(3)13(5)24-14(6)19)16(20)18-17(7,8)9-25(21,22)23/h10-13,15H,9H2,1-8H3,(H,18,20)(H,21,22,23). The first-order valence-electron chi connectivity index (χ1n) is 8.51. The summed E-state index contributed by atoms with van der Waals surface area (Å²) in [7, 11) is -4.21. The summed E-state index contributed by atoms with van der Waals surface area (Å²) in [5.41, 5.74) is -1.09. The van der Waals surface area contributed by atoms with E-state index in [4.69, 9.17) is 9.29 Å². The Kier molecular flexibility index (Phi) is 8.57. The van der Waals surface area contributed by atoms with E-state index < -0.39 is 27.3 Å². The lowest BCUT2D eigenvalue weighted by Gasteiger charge is -2.36. The first-order chi connectivity index (χ1) is 11.1. The van der Waals surface area contributed by atoms with Crippen LogP contribution < -0.4 is 5.32 Å². The molecule has 0 aliphatic carbocycles. The number of rotatable bonds is 9. The van der Waals surface area contributed by atoms with Gasteiger partial charge in [-0.15, -0.1) is 0 Å². The highest BCUT2D eigenvalue weighted by Crippen LogP contribution is 2.31. The van der Waals surface area contributed by atoms with Crippen molar-refractivity contribution in [3.05, 3.63) is 0 Å². The van der Waals surface area contributed by atoms with Crippen LogP contribution in [0.15, 0.2) is 0 Å². The largest absolute Gasteiger partial charge is 0.463 e. The Labute approximate surface area is 151 Å². The molecule has 4 atom stereocenters. The first kappa shape index (κ1) is 23.9. The van der Waals surface area contributed by atoms with Crippen molar-refractivity contribution in [2.45, 2.75) is 67.0 Å². The summed E-state index contributed by atoms with van der Waals surface area (Å²) in [6.45, 7) is 13.9. The van der Waals surface area contributed by atoms with Gasteiger partial charge in [-0.1, -0.05) is 27.7 Å². The van der Waals surface area contributed by atoms with E-state index >= 15 is 0 Å². The number of nitrogens with one attached hydrogen (secondary N) is 1. The Morgan fingerprint density at radius 2 is 1.56 bits per heavy atom. The molecule has 1 amide bonds. The summed E-state index contributed by atoms with van der Waals surface area (Å²) < 4.78 is 36.5. The van der Waals surface area contributed by atoms with Crippen molar-refractivity contribution in [3.63, 3.8) is 0 Å². The fraction of sp³-hybridized carbons (Fsp3) is 0.882. The van der Waals surface area contributed by atoms with Gasteiger partial charge >= 0.3 is 5.97 Å². The lowest BCUT2D eigenvalue weighted by atomic mass is 9.75. The van der Waals surface area contributed by atoms with Crippen molar-refractivity contribution in [1.82, 2.24) is 5.32 Å². The molecule has 2 N–H and O–H groups in total. The van der Waals surface area contributed by atoms with E-state index in [1.54, 1.807) is 20.8 Å². The van der Waals surface area contributed by atoms with Gasteiger partial charge in [0.15, 0.2) is 0 Å². The molecular weight excluding hydrogens is 346 g/mol. The van der Waals surface area contributed by atoms with Gasteiger partial charge in [0.2, 0.25) is 5.91 Å². The van der Waals surface area contributed by atoms with Gasteiger partial charge in [-0.25, -0.2) is 0 Å². The van der Waals surface area contributed by atoms with E-state index in [0.29, 0.717) is 0 Å². The van der Waals surface area contributed by atoms with Gasteiger partial charge in [-0.2, -0.15) is 8.42 Å². The molecule has 148 valence electrons. The van der Waals surface area contributed by atoms with E-state index in [1.807, 2.05) is 27.7 Å². The first-order valence-corrected chi connectivity index (χ1v) is 10.1. The second kappa shape index (κ2) is 8.98. The third-order valence-corrected chi connectivity index (χ3v) is 5.60. The normalized spacial score (nSPS) is 17.5. The Morgan fingerprint density at radius 1 is 1.08 bits per heavy atom.